The molecule has 0 aliphatic rings. The van der Waals surface area contributed by atoms with Gasteiger partial charge < -0.3 is 20.1 Å². The third kappa shape index (κ3) is 8.00. The van der Waals surface area contributed by atoms with Gasteiger partial charge in [-0.25, -0.2) is 4.99 Å². The Kier molecular flexibility index (Phi) is 10.1. The molecule has 22 heavy (non-hydrogen) atoms. The minimum absolute atomic E-state index is 0.632. The highest BCUT2D eigenvalue weighted by Crippen LogP contribution is 2.07. The first kappa shape index (κ1) is 18.5. The molecular formula is C17H29N3O2. The van der Waals surface area contributed by atoms with Crippen LogP contribution in [0.25, 0.3) is 0 Å². The Morgan fingerprint density at radius 2 is 2.00 bits per heavy atom. The maximum Gasteiger partial charge on any atom is 0.191 e. The van der Waals surface area contributed by atoms with Gasteiger partial charge >= 0.3 is 0 Å². The lowest BCUT2D eigenvalue weighted by molar-refractivity contribution is 0.145. The van der Waals surface area contributed by atoms with Crippen LogP contribution in [-0.4, -0.2) is 39.4 Å². The zero-order valence-electron chi connectivity index (χ0n) is 14.0. The molecule has 0 bridgehead atoms. The van der Waals surface area contributed by atoms with Crippen LogP contribution in [-0.2, 0) is 22.6 Å². The van der Waals surface area contributed by atoms with Gasteiger partial charge in [-0.3, -0.25) is 0 Å². The number of aliphatic imine (C=N–C) groups is 1. The molecule has 1 aromatic carbocycles. The van der Waals surface area contributed by atoms with Crippen LogP contribution < -0.4 is 10.6 Å². The van der Waals surface area contributed by atoms with Crippen molar-refractivity contribution < 1.29 is 9.47 Å². The number of benzene rings is 1. The summed E-state index contributed by atoms with van der Waals surface area (Å²) < 4.78 is 10.5. The molecule has 0 spiro atoms. The van der Waals surface area contributed by atoms with Crippen molar-refractivity contribution in [1.82, 2.24) is 10.6 Å². The van der Waals surface area contributed by atoms with Gasteiger partial charge in [0.05, 0.1) is 13.2 Å². The van der Waals surface area contributed by atoms with Gasteiger partial charge in [0.2, 0.25) is 0 Å². The number of nitrogens with one attached hydrogen (secondary N) is 2. The van der Waals surface area contributed by atoms with Crippen LogP contribution in [0, 0.1) is 0 Å². The van der Waals surface area contributed by atoms with Crippen molar-refractivity contribution in [2.75, 3.05) is 33.4 Å². The summed E-state index contributed by atoms with van der Waals surface area (Å²) >= 11 is 0. The lowest BCUT2D eigenvalue weighted by Gasteiger charge is -2.11. The molecule has 0 radical (unpaired) electrons. The molecule has 0 aromatic heterocycles. The van der Waals surface area contributed by atoms with E-state index in [0.717, 1.165) is 38.7 Å². The van der Waals surface area contributed by atoms with E-state index in [1.807, 2.05) is 13.0 Å². The number of hydrogen-bond acceptors (Lipinski definition) is 3. The van der Waals surface area contributed by atoms with Crippen LogP contribution in [0.2, 0.25) is 0 Å². The second kappa shape index (κ2) is 12.0. The largest absolute Gasteiger partial charge is 0.382 e. The van der Waals surface area contributed by atoms with Gasteiger partial charge in [0.15, 0.2) is 5.96 Å². The van der Waals surface area contributed by atoms with Crippen molar-refractivity contribution in [3.63, 3.8) is 0 Å². The average molecular weight is 307 g/mol. The SMILES string of the molecule is CCNC(=NCc1cccc(COC)c1)NCCCOCC. The van der Waals surface area contributed by atoms with E-state index in [2.05, 4.69) is 40.7 Å². The van der Waals surface area contributed by atoms with Crippen molar-refractivity contribution in [1.29, 1.82) is 0 Å². The van der Waals surface area contributed by atoms with E-state index < -0.39 is 0 Å². The van der Waals surface area contributed by atoms with Crippen molar-refractivity contribution in [2.24, 2.45) is 4.99 Å². The van der Waals surface area contributed by atoms with Crippen LogP contribution in [0.15, 0.2) is 29.3 Å². The molecule has 0 saturated heterocycles. The van der Waals surface area contributed by atoms with Crippen molar-refractivity contribution in [2.45, 2.75) is 33.4 Å². The number of nitrogens with zero attached hydrogens (tertiary/aromatic N) is 1. The van der Waals surface area contributed by atoms with Crippen LogP contribution in [0.3, 0.4) is 0 Å². The van der Waals surface area contributed by atoms with Crippen LogP contribution in [0.5, 0.6) is 0 Å². The lowest BCUT2D eigenvalue weighted by atomic mass is 10.1. The quantitative estimate of drug-likeness (QED) is 0.396. The topological polar surface area (TPSA) is 54.9 Å². The second-order valence-electron chi connectivity index (χ2n) is 4.93. The number of guanidine groups is 1. The highest BCUT2D eigenvalue weighted by Gasteiger charge is 1.99. The Morgan fingerprint density at radius 1 is 1.18 bits per heavy atom. The van der Waals surface area contributed by atoms with Gasteiger partial charge in [-0.1, -0.05) is 24.3 Å². The van der Waals surface area contributed by atoms with E-state index in [1.54, 1.807) is 7.11 Å². The maximum absolute atomic E-state index is 5.33. The van der Waals surface area contributed by atoms with Gasteiger partial charge in [-0.05, 0) is 31.4 Å². The van der Waals surface area contributed by atoms with Gasteiger partial charge in [0, 0.05) is 33.4 Å². The molecule has 0 atom stereocenters. The fraction of sp³-hybridized carbons (Fsp3) is 0.588. The van der Waals surface area contributed by atoms with Crippen LogP contribution >= 0.6 is 0 Å². The average Bonchev–Trinajstić information content (AvgIpc) is 2.53. The molecular weight excluding hydrogens is 278 g/mol. The molecule has 0 aliphatic carbocycles. The predicted molar refractivity (Wildman–Crippen MR) is 91.1 cm³/mol. The van der Waals surface area contributed by atoms with E-state index >= 15 is 0 Å². The number of rotatable bonds is 10. The van der Waals surface area contributed by atoms with Crippen molar-refractivity contribution in [3.8, 4) is 0 Å². The molecule has 124 valence electrons. The molecule has 0 fully saturated rings. The molecule has 0 heterocycles. The molecule has 5 nitrogen and oxygen atoms in total. The summed E-state index contributed by atoms with van der Waals surface area (Å²) in [5.41, 5.74) is 2.35. The van der Waals surface area contributed by atoms with E-state index in [0.29, 0.717) is 13.2 Å². The van der Waals surface area contributed by atoms with Crippen molar-refractivity contribution >= 4 is 5.96 Å². The summed E-state index contributed by atoms with van der Waals surface area (Å²) in [6, 6.07) is 8.32. The van der Waals surface area contributed by atoms with E-state index in [-0.39, 0.29) is 0 Å². The monoisotopic (exact) mass is 307 g/mol. The summed E-state index contributed by atoms with van der Waals surface area (Å²) in [5, 5.41) is 6.58. The van der Waals surface area contributed by atoms with E-state index in [4.69, 9.17) is 9.47 Å². The normalized spacial score (nSPS) is 11.5. The summed E-state index contributed by atoms with van der Waals surface area (Å²) in [6.45, 7) is 8.61. The Balaban J connectivity index is 2.48. The molecule has 2 N–H and O–H groups in total. The molecule has 0 aliphatic heterocycles. The second-order valence-corrected chi connectivity index (χ2v) is 4.93. The number of ether oxygens (including phenoxy) is 2. The Bertz CT molecular complexity index is 436. The molecule has 5 heteroatoms. The standard InChI is InChI=1S/C17H29N3O2/c1-4-18-17(19-10-7-11-22-5-2)20-13-15-8-6-9-16(12-15)14-21-3/h6,8-9,12H,4-5,7,10-11,13-14H2,1-3H3,(H2,18,19,20). The first-order valence-corrected chi connectivity index (χ1v) is 7.96. The predicted octanol–water partition coefficient (Wildman–Crippen LogP) is 2.31. The Labute approximate surface area is 134 Å². The smallest absolute Gasteiger partial charge is 0.191 e. The van der Waals surface area contributed by atoms with Crippen molar-refractivity contribution in [3.05, 3.63) is 35.4 Å². The molecule has 0 amide bonds. The molecule has 1 rings (SSSR count). The summed E-state index contributed by atoms with van der Waals surface area (Å²) in [6.07, 6.45) is 0.974. The minimum Gasteiger partial charge on any atom is -0.382 e. The lowest BCUT2D eigenvalue weighted by Crippen LogP contribution is -2.38. The number of hydrogen-bond donors (Lipinski definition) is 2. The van der Waals surface area contributed by atoms with E-state index in [1.165, 1.54) is 11.1 Å². The van der Waals surface area contributed by atoms with Gasteiger partial charge in [0.1, 0.15) is 0 Å². The van der Waals surface area contributed by atoms with Gasteiger partial charge in [-0.2, -0.15) is 0 Å². The highest BCUT2D eigenvalue weighted by atomic mass is 16.5. The third-order valence-corrected chi connectivity index (χ3v) is 3.03. The summed E-state index contributed by atoms with van der Waals surface area (Å²) in [4.78, 5) is 4.62. The maximum atomic E-state index is 5.33. The van der Waals surface area contributed by atoms with Gasteiger partial charge in [0.25, 0.3) is 0 Å². The molecule has 0 unspecified atom stereocenters. The Morgan fingerprint density at radius 3 is 2.73 bits per heavy atom. The first-order valence-electron chi connectivity index (χ1n) is 7.96. The summed E-state index contributed by atoms with van der Waals surface area (Å²) in [5.74, 6) is 0.844. The van der Waals surface area contributed by atoms with Crippen LogP contribution in [0.4, 0.5) is 0 Å². The summed E-state index contributed by atoms with van der Waals surface area (Å²) in [7, 11) is 1.71. The first-order chi connectivity index (χ1) is 10.8. The zero-order chi connectivity index (χ0) is 16.0. The molecule has 1 aromatic rings. The minimum atomic E-state index is 0.632. The zero-order valence-corrected chi connectivity index (χ0v) is 14.0. The van der Waals surface area contributed by atoms with Crippen LogP contribution in [0.1, 0.15) is 31.4 Å². The third-order valence-electron chi connectivity index (χ3n) is 3.03. The fourth-order valence-electron chi connectivity index (χ4n) is 2.02. The van der Waals surface area contributed by atoms with E-state index in [9.17, 15) is 0 Å². The fourth-order valence-corrected chi connectivity index (χ4v) is 2.02. The molecule has 0 saturated carbocycles. The number of methoxy groups -OCH3 is 1. The van der Waals surface area contributed by atoms with Gasteiger partial charge in [-0.15, -0.1) is 0 Å². The Hall–Kier alpha value is -1.59. The highest BCUT2D eigenvalue weighted by molar-refractivity contribution is 5.79.